The first-order chi connectivity index (χ1) is 20.9. The number of nitrogens with two attached hydrogens (primary N) is 1. The van der Waals surface area contributed by atoms with Crippen LogP contribution in [0, 0.1) is 11.7 Å². The van der Waals surface area contributed by atoms with Crippen LogP contribution in [0.1, 0.15) is 68.9 Å². The van der Waals surface area contributed by atoms with Crippen molar-refractivity contribution in [2.45, 2.75) is 77.0 Å². The number of primary amides is 1. The number of aliphatic hydroxyl groups is 1. The number of carbonyl (C=O) groups is 4. The van der Waals surface area contributed by atoms with Gasteiger partial charge in [0.25, 0.3) is 5.91 Å². The van der Waals surface area contributed by atoms with Gasteiger partial charge < -0.3 is 25.6 Å². The number of hydrogen-bond acceptors (Lipinski definition) is 9. The summed E-state index contributed by atoms with van der Waals surface area (Å²) in [6.45, 7) is 5.22. The zero-order chi connectivity index (χ0) is 32.3. The molecule has 2 aromatic carbocycles. The van der Waals surface area contributed by atoms with Crippen LogP contribution < -0.4 is 11.1 Å². The number of hydrogen-bond donors (Lipinski definition) is 3. The molecule has 44 heavy (non-hydrogen) atoms. The van der Waals surface area contributed by atoms with Gasteiger partial charge in [0.05, 0.1) is 48.8 Å². The number of nitrogens with zero attached hydrogens (tertiary/aromatic N) is 2. The predicted molar refractivity (Wildman–Crippen MR) is 159 cm³/mol. The number of ether oxygens (including phenoxy) is 2. The summed E-state index contributed by atoms with van der Waals surface area (Å²) in [4.78, 5) is 58.0. The SMILES string of the molecule is CCOC(=O)CCC(=O)OC(C)(C)CC[C@H](C[C@H](O)[C@H](Cc1cccc(F)c1)NC(=O)c1cnc2ccccc2n1)C(N)=O. The van der Waals surface area contributed by atoms with Crippen LogP contribution in [-0.4, -0.2) is 63.2 Å². The quantitative estimate of drug-likeness (QED) is 0.206. The molecule has 1 aromatic heterocycles. The van der Waals surface area contributed by atoms with Crippen molar-refractivity contribution in [3.05, 3.63) is 71.8 Å². The Morgan fingerprint density at radius 1 is 1.05 bits per heavy atom. The first-order valence-corrected chi connectivity index (χ1v) is 14.5. The first-order valence-electron chi connectivity index (χ1n) is 14.5. The Morgan fingerprint density at radius 2 is 1.75 bits per heavy atom. The van der Waals surface area contributed by atoms with Crippen molar-refractivity contribution in [3.8, 4) is 0 Å². The Morgan fingerprint density at radius 3 is 2.43 bits per heavy atom. The summed E-state index contributed by atoms with van der Waals surface area (Å²) < 4.78 is 24.3. The number of halogens is 1. The summed E-state index contributed by atoms with van der Waals surface area (Å²) in [6, 6.07) is 11.9. The number of amides is 2. The molecule has 12 heteroatoms. The van der Waals surface area contributed by atoms with Crippen LogP contribution >= 0.6 is 0 Å². The van der Waals surface area contributed by atoms with Crippen LogP contribution in [0.4, 0.5) is 4.39 Å². The van der Waals surface area contributed by atoms with Crippen LogP contribution in [0.3, 0.4) is 0 Å². The van der Waals surface area contributed by atoms with Gasteiger partial charge in [-0.1, -0.05) is 24.3 Å². The average Bonchev–Trinajstić information content (AvgIpc) is 2.97. The third-order valence-corrected chi connectivity index (χ3v) is 7.06. The normalized spacial score (nSPS) is 13.5. The number of carbonyl (C=O) groups excluding carboxylic acids is 4. The highest BCUT2D eigenvalue weighted by molar-refractivity contribution is 5.94. The summed E-state index contributed by atoms with van der Waals surface area (Å²) >= 11 is 0. The van der Waals surface area contributed by atoms with Gasteiger partial charge in [0.15, 0.2) is 0 Å². The highest BCUT2D eigenvalue weighted by Gasteiger charge is 2.31. The van der Waals surface area contributed by atoms with Gasteiger partial charge >= 0.3 is 11.9 Å². The largest absolute Gasteiger partial charge is 0.466 e. The molecule has 0 aliphatic carbocycles. The summed E-state index contributed by atoms with van der Waals surface area (Å²) in [7, 11) is 0. The van der Waals surface area contributed by atoms with Gasteiger partial charge in [-0.05, 0) is 76.3 Å². The molecule has 11 nitrogen and oxygen atoms in total. The molecule has 0 saturated heterocycles. The maximum absolute atomic E-state index is 13.9. The number of nitrogens with one attached hydrogen (secondary N) is 1. The molecule has 4 N–H and O–H groups in total. The molecule has 236 valence electrons. The number of esters is 2. The Balaban J connectivity index is 1.70. The lowest BCUT2D eigenvalue weighted by Crippen LogP contribution is -2.46. The molecular weight excluding hydrogens is 571 g/mol. The zero-order valence-corrected chi connectivity index (χ0v) is 25.1. The van der Waals surface area contributed by atoms with Crippen molar-refractivity contribution >= 4 is 34.8 Å². The molecule has 0 aliphatic heterocycles. The Hall–Kier alpha value is -4.45. The van der Waals surface area contributed by atoms with Crippen molar-refractivity contribution < 1.29 is 38.1 Å². The van der Waals surface area contributed by atoms with Crippen molar-refractivity contribution in [1.29, 1.82) is 0 Å². The second kappa shape index (κ2) is 15.9. The van der Waals surface area contributed by atoms with Gasteiger partial charge in [-0.25, -0.2) is 9.37 Å². The third-order valence-electron chi connectivity index (χ3n) is 7.06. The first kappa shape index (κ1) is 34.0. The van der Waals surface area contributed by atoms with E-state index in [2.05, 4.69) is 15.3 Å². The molecule has 2 amide bonds. The van der Waals surface area contributed by atoms with E-state index in [1.165, 1.54) is 24.4 Å². The van der Waals surface area contributed by atoms with E-state index in [-0.39, 0.29) is 50.8 Å². The molecule has 0 aliphatic rings. The van der Waals surface area contributed by atoms with Crippen LogP contribution in [-0.2, 0) is 30.3 Å². The number of aliphatic hydroxyl groups excluding tert-OH is 1. The molecule has 3 rings (SSSR count). The molecule has 1 heterocycles. The molecular formula is C32H39FN4O7. The maximum atomic E-state index is 13.9. The minimum absolute atomic E-state index is 0.0260. The van der Waals surface area contributed by atoms with Crippen molar-refractivity contribution in [2.75, 3.05) is 6.61 Å². The maximum Gasteiger partial charge on any atom is 0.306 e. The second-order valence-corrected chi connectivity index (χ2v) is 11.1. The molecule has 0 spiro atoms. The Kier molecular flexibility index (Phi) is 12.3. The monoisotopic (exact) mass is 610 g/mol. The van der Waals surface area contributed by atoms with E-state index < -0.39 is 53.2 Å². The standard InChI is InChI=1S/C32H39FN4O7/c1-4-43-28(39)12-13-29(40)44-32(2,3)15-14-21(30(34)41)18-27(38)25(17-20-8-7-9-22(33)16-20)37-31(42)26-19-35-23-10-5-6-11-24(23)36-26/h5-11,16,19,21,25,27,38H,4,12-15,17-18H2,1-3H3,(H2,34,41)(H,37,42)/t21-,25+,27+/m1/s1. The van der Waals surface area contributed by atoms with Crippen LogP contribution in [0.2, 0.25) is 0 Å². The lowest BCUT2D eigenvalue weighted by molar-refractivity contribution is -0.160. The predicted octanol–water partition coefficient (Wildman–Crippen LogP) is 3.41. The summed E-state index contributed by atoms with van der Waals surface area (Å²) in [5.41, 5.74) is 6.35. The van der Waals surface area contributed by atoms with Crippen LogP contribution in [0.15, 0.2) is 54.7 Å². The van der Waals surface area contributed by atoms with Gasteiger partial charge in [-0.2, -0.15) is 0 Å². The third kappa shape index (κ3) is 10.7. The summed E-state index contributed by atoms with van der Waals surface area (Å²) in [6.07, 6.45) is 0.139. The molecule has 0 saturated carbocycles. The van der Waals surface area contributed by atoms with Crippen molar-refractivity contribution in [2.24, 2.45) is 11.7 Å². The summed E-state index contributed by atoms with van der Waals surface area (Å²) in [5.74, 6) is -3.68. The van der Waals surface area contributed by atoms with E-state index in [4.69, 9.17) is 15.2 Å². The van der Waals surface area contributed by atoms with Gasteiger partial charge in [0.1, 0.15) is 17.1 Å². The lowest BCUT2D eigenvalue weighted by Gasteiger charge is -2.29. The van der Waals surface area contributed by atoms with E-state index in [1.54, 1.807) is 51.1 Å². The number of aromatic nitrogens is 2. The number of rotatable bonds is 16. The number of para-hydroxylation sites is 2. The van der Waals surface area contributed by atoms with Gasteiger partial charge in [-0.3, -0.25) is 24.2 Å². The molecule has 0 unspecified atom stereocenters. The molecule has 3 aromatic rings. The van der Waals surface area contributed by atoms with E-state index in [9.17, 15) is 28.7 Å². The average molecular weight is 611 g/mol. The lowest BCUT2D eigenvalue weighted by atomic mass is 9.87. The molecule has 3 atom stereocenters. The number of fused-ring (bicyclic) bond motifs is 1. The molecule has 0 fully saturated rings. The van der Waals surface area contributed by atoms with Crippen LogP contribution in [0.25, 0.3) is 11.0 Å². The smallest absolute Gasteiger partial charge is 0.306 e. The topological polar surface area (TPSA) is 171 Å². The zero-order valence-electron chi connectivity index (χ0n) is 25.1. The summed E-state index contributed by atoms with van der Waals surface area (Å²) in [5, 5.41) is 14.1. The minimum Gasteiger partial charge on any atom is -0.466 e. The van der Waals surface area contributed by atoms with E-state index in [1.807, 2.05) is 0 Å². The van der Waals surface area contributed by atoms with Gasteiger partial charge in [0, 0.05) is 5.92 Å². The van der Waals surface area contributed by atoms with Gasteiger partial charge in [0.2, 0.25) is 5.91 Å². The molecule has 0 radical (unpaired) electrons. The van der Waals surface area contributed by atoms with Gasteiger partial charge in [-0.15, -0.1) is 0 Å². The minimum atomic E-state index is -1.26. The van der Waals surface area contributed by atoms with E-state index in [0.29, 0.717) is 16.6 Å². The fourth-order valence-corrected chi connectivity index (χ4v) is 4.71. The second-order valence-electron chi connectivity index (χ2n) is 11.1. The van der Waals surface area contributed by atoms with Crippen molar-refractivity contribution in [1.82, 2.24) is 15.3 Å². The van der Waals surface area contributed by atoms with E-state index in [0.717, 1.165) is 0 Å². The Labute approximate surface area is 255 Å². The fraction of sp³-hybridized carbons (Fsp3) is 0.438. The van der Waals surface area contributed by atoms with Crippen LogP contribution in [0.5, 0.6) is 0 Å². The van der Waals surface area contributed by atoms with Crippen molar-refractivity contribution in [3.63, 3.8) is 0 Å². The highest BCUT2D eigenvalue weighted by atomic mass is 19.1. The fourth-order valence-electron chi connectivity index (χ4n) is 4.71. The number of benzene rings is 2. The highest BCUT2D eigenvalue weighted by Crippen LogP contribution is 2.25. The van der Waals surface area contributed by atoms with E-state index >= 15 is 0 Å². The molecule has 0 bridgehead atoms. The Bertz CT molecular complexity index is 1470.